The fraction of sp³-hybridized carbons (Fsp3) is 0.412. The molecule has 0 aromatic carbocycles. The molecule has 0 spiro atoms. The van der Waals surface area contributed by atoms with E-state index in [9.17, 15) is 0 Å². The summed E-state index contributed by atoms with van der Waals surface area (Å²) in [6.07, 6.45) is 0. The molecule has 1 aliphatic rings. The molecule has 0 radical (unpaired) electrons. The van der Waals surface area contributed by atoms with Crippen molar-refractivity contribution in [2.45, 2.75) is 20.8 Å². The molecule has 0 amide bonds. The Morgan fingerprint density at radius 3 is 2.61 bits per heavy atom. The van der Waals surface area contributed by atoms with E-state index in [1.165, 1.54) is 0 Å². The van der Waals surface area contributed by atoms with E-state index >= 15 is 0 Å². The van der Waals surface area contributed by atoms with Gasteiger partial charge in [-0.1, -0.05) is 5.16 Å². The van der Waals surface area contributed by atoms with Gasteiger partial charge in [-0.15, -0.1) is 0 Å². The van der Waals surface area contributed by atoms with Crippen molar-refractivity contribution in [3.63, 3.8) is 0 Å². The Hall–Kier alpha value is -2.34. The zero-order valence-corrected chi connectivity index (χ0v) is 13.6. The van der Waals surface area contributed by atoms with Crippen molar-refractivity contribution in [3.05, 3.63) is 29.3 Å². The highest BCUT2D eigenvalue weighted by Gasteiger charge is 2.20. The standard InChI is InChI=1S/C17H20N4O2/c1-10-8-13-14(18-10)9-15(16-11(2)20-23-12(16)3)19-17(13)21-4-6-22-7-5-21/h8-9,18H,4-7H2,1-3H3. The average Bonchev–Trinajstić information content (AvgIpc) is 3.08. The van der Waals surface area contributed by atoms with Gasteiger partial charge in [-0.2, -0.15) is 0 Å². The summed E-state index contributed by atoms with van der Waals surface area (Å²) in [6.45, 7) is 9.14. The van der Waals surface area contributed by atoms with Crippen molar-refractivity contribution in [1.82, 2.24) is 15.1 Å². The van der Waals surface area contributed by atoms with Crippen LogP contribution < -0.4 is 4.90 Å². The first-order valence-corrected chi connectivity index (χ1v) is 7.90. The molecule has 3 aromatic rings. The number of aromatic nitrogens is 3. The third-order valence-corrected chi connectivity index (χ3v) is 4.33. The SMILES string of the molecule is Cc1cc2c(N3CCOCC3)nc(-c3c(C)noc3C)cc2[nH]1. The Kier molecular flexibility index (Phi) is 3.34. The number of nitrogens with zero attached hydrogens (tertiary/aromatic N) is 3. The normalized spacial score (nSPS) is 15.5. The maximum Gasteiger partial charge on any atom is 0.143 e. The Morgan fingerprint density at radius 2 is 1.91 bits per heavy atom. The summed E-state index contributed by atoms with van der Waals surface area (Å²) >= 11 is 0. The van der Waals surface area contributed by atoms with Gasteiger partial charge in [0.25, 0.3) is 0 Å². The zero-order valence-electron chi connectivity index (χ0n) is 13.6. The molecule has 1 saturated heterocycles. The van der Waals surface area contributed by atoms with Crippen LogP contribution in [0.4, 0.5) is 5.82 Å². The predicted octanol–water partition coefficient (Wildman–Crippen LogP) is 2.98. The highest BCUT2D eigenvalue weighted by atomic mass is 16.5. The van der Waals surface area contributed by atoms with Crippen molar-refractivity contribution < 1.29 is 9.26 Å². The second kappa shape index (κ2) is 5.38. The van der Waals surface area contributed by atoms with Crippen molar-refractivity contribution in [2.24, 2.45) is 0 Å². The topological polar surface area (TPSA) is 67.2 Å². The van der Waals surface area contributed by atoms with Gasteiger partial charge in [-0.05, 0) is 32.9 Å². The monoisotopic (exact) mass is 312 g/mol. The number of fused-ring (bicyclic) bond motifs is 1. The number of aryl methyl sites for hydroxylation is 3. The zero-order chi connectivity index (χ0) is 16.0. The maximum absolute atomic E-state index is 5.48. The van der Waals surface area contributed by atoms with Crippen LogP contribution >= 0.6 is 0 Å². The van der Waals surface area contributed by atoms with Gasteiger partial charge in [-0.25, -0.2) is 4.98 Å². The van der Waals surface area contributed by atoms with Crippen molar-refractivity contribution >= 4 is 16.7 Å². The molecule has 1 aliphatic heterocycles. The Bertz CT molecular complexity index is 839. The Balaban J connectivity index is 1.93. The van der Waals surface area contributed by atoms with E-state index < -0.39 is 0 Å². The van der Waals surface area contributed by atoms with Gasteiger partial charge in [0.05, 0.1) is 35.7 Å². The number of pyridine rings is 1. The van der Waals surface area contributed by atoms with E-state index in [0.717, 1.165) is 71.4 Å². The van der Waals surface area contributed by atoms with E-state index in [1.807, 2.05) is 13.8 Å². The number of nitrogens with one attached hydrogen (secondary N) is 1. The summed E-state index contributed by atoms with van der Waals surface area (Å²) in [7, 11) is 0. The molecule has 3 aromatic heterocycles. The van der Waals surface area contributed by atoms with E-state index in [2.05, 4.69) is 34.1 Å². The van der Waals surface area contributed by atoms with Gasteiger partial charge >= 0.3 is 0 Å². The summed E-state index contributed by atoms with van der Waals surface area (Å²) in [6, 6.07) is 4.24. The lowest BCUT2D eigenvalue weighted by Crippen LogP contribution is -2.36. The molecular weight excluding hydrogens is 292 g/mol. The third-order valence-electron chi connectivity index (χ3n) is 4.33. The smallest absolute Gasteiger partial charge is 0.143 e. The number of ether oxygens (including phenoxy) is 1. The summed E-state index contributed by atoms with van der Waals surface area (Å²) < 4.78 is 10.8. The molecule has 0 unspecified atom stereocenters. The predicted molar refractivity (Wildman–Crippen MR) is 88.8 cm³/mol. The Morgan fingerprint density at radius 1 is 1.13 bits per heavy atom. The summed E-state index contributed by atoms with van der Waals surface area (Å²) in [5.74, 6) is 1.80. The molecular formula is C17H20N4O2. The first-order chi connectivity index (χ1) is 11.1. The number of morpholine rings is 1. The molecule has 0 saturated carbocycles. The van der Waals surface area contributed by atoms with Gasteiger partial charge in [0.2, 0.25) is 0 Å². The van der Waals surface area contributed by atoms with Crippen LogP contribution in [0.3, 0.4) is 0 Å². The summed E-state index contributed by atoms with van der Waals surface area (Å²) in [5.41, 5.74) is 4.97. The first-order valence-electron chi connectivity index (χ1n) is 7.90. The van der Waals surface area contributed by atoms with Crippen molar-refractivity contribution in [2.75, 3.05) is 31.2 Å². The van der Waals surface area contributed by atoms with Gasteiger partial charge < -0.3 is 19.1 Å². The molecule has 6 nitrogen and oxygen atoms in total. The highest BCUT2D eigenvalue weighted by molar-refractivity contribution is 5.94. The van der Waals surface area contributed by atoms with Crippen LogP contribution in [0.25, 0.3) is 22.2 Å². The van der Waals surface area contributed by atoms with Crippen molar-refractivity contribution in [3.8, 4) is 11.3 Å². The number of hydrogen-bond donors (Lipinski definition) is 1. The number of hydrogen-bond acceptors (Lipinski definition) is 5. The molecule has 4 heterocycles. The highest BCUT2D eigenvalue weighted by Crippen LogP contribution is 2.33. The van der Waals surface area contributed by atoms with Crippen LogP contribution in [-0.4, -0.2) is 41.4 Å². The van der Waals surface area contributed by atoms with Gasteiger partial charge in [-0.3, -0.25) is 0 Å². The van der Waals surface area contributed by atoms with Crippen LogP contribution in [0.5, 0.6) is 0 Å². The number of anilines is 1. The van der Waals surface area contributed by atoms with E-state index in [0.29, 0.717) is 0 Å². The molecule has 23 heavy (non-hydrogen) atoms. The minimum atomic E-state index is 0.738. The molecule has 4 rings (SSSR count). The molecule has 0 atom stereocenters. The van der Waals surface area contributed by atoms with Crippen molar-refractivity contribution in [1.29, 1.82) is 0 Å². The fourth-order valence-electron chi connectivity index (χ4n) is 3.25. The number of rotatable bonds is 2. The molecule has 120 valence electrons. The molecule has 0 aliphatic carbocycles. The fourth-order valence-corrected chi connectivity index (χ4v) is 3.25. The molecule has 0 bridgehead atoms. The lowest BCUT2D eigenvalue weighted by atomic mass is 10.1. The quantitative estimate of drug-likeness (QED) is 0.788. The second-order valence-corrected chi connectivity index (χ2v) is 6.04. The second-order valence-electron chi connectivity index (χ2n) is 6.04. The third kappa shape index (κ3) is 2.39. The van der Waals surface area contributed by atoms with Crippen LogP contribution in [0.15, 0.2) is 16.7 Å². The van der Waals surface area contributed by atoms with Crippen LogP contribution in [-0.2, 0) is 4.74 Å². The molecule has 1 N–H and O–H groups in total. The van der Waals surface area contributed by atoms with Gasteiger partial charge in [0.1, 0.15) is 11.6 Å². The first kappa shape index (κ1) is 14.3. The summed E-state index contributed by atoms with van der Waals surface area (Å²) in [5, 5.41) is 5.21. The minimum absolute atomic E-state index is 0.738. The number of aromatic amines is 1. The number of H-pyrrole nitrogens is 1. The van der Waals surface area contributed by atoms with Gasteiger partial charge in [0, 0.05) is 24.2 Å². The Labute approximate surface area is 134 Å². The van der Waals surface area contributed by atoms with E-state index in [1.54, 1.807) is 0 Å². The molecule has 1 fully saturated rings. The van der Waals surface area contributed by atoms with Crippen LogP contribution in [0, 0.1) is 20.8 Å². The maximum atomic E-state index is 5.48. The minimum Gasteiger partial charge on any atom is -0.378 e. The van der Waals surface area contributed by atoms with Crippen LogP contribution in [0.1, 0.15) is 17.1 Å². The van der Waals surface area contributed by atoms with Crippen LogP contribution in [0.2, 0.25) is 0 Å². The summed E-state index contributed by atoms with van der Waals surface area (Å²) in [4.78, 5) is 10.7. The van der Waals surface area contributed by atoms with Gasteiger partial charge in [0.15, 0.2) is 0 Å². The lowest BCUT2D eigenvalue weighted by molar-refractivity contribution is 0.122. The van der Waals surface area contributed by atoms with E-state index in [4.69, 9.17) is 14.2 Å². The van der Waals surface area contributed by atoms with E-state index in [-0.39, 0.29) is 0 Å². The average molecular weight is 312 g/mol. The largest absolute Gasteiger partial charge is 0.378 e. The molecule has 6 heteroatoms. The lowest BCUT2D eigenvalue weighted by Gasteiger charge is -2.28.